The van der Waals surface area contributed by atoms with E-state index in [0.29, 0.717) is 0 Å². The fourth-order valence-electron chi connectivity index (χ4n) is 1.10. The van der Waals surface area contributed by atoms with Gasteiger partial charge in [0.25, 0.3) is 0 Å². The quantitative estimate of drug-likeness (QED) is 0.834. The zero-order valence-corrected chi connectivity index (χ0v) is 10.5. The van der Waals surface area contributed by atoms with Crippen molar-refractivity contribution in [3.8, 4) is 0 Å². The monoisotopic (exact) mass is 328 g/mol. The van der Waals surface area contributed by atoms with Gasteiger partial charge in [0, 0.05) is 5.69 Å². The van der Waals surface area contributed by atoms with Gasteiger partial charge in [-0.15, -0.1) is 0 Å². The first kappa shape index (κ1) is 14.9. The molecule has 8 heteroatoms. The molecule has 0 heterocycles. The van der Waals surface area contributed by atoms with Crippen LogP contribution in [0.15, 0.2) is 22.7 Å². The molecule has 0 bridgehead atoms. The standard InChI is InChI=1S/C10H9BrF4N2O/c11-7-2-1-6(3-8(7)12)17-9(18)4-16-5-10(13,14)15/h1-3,16H,4-5H2,(H,17,18). The minimum Gasteiger partial charge on any atom is -0.325 e. The second-order valence-corrected chi connectivity index (χ2v) is 4.25. The largest absolute Gasteiger partial charge is 0.401 e. The molecular formula is C10H9BrF4N2O. The number of nitrogens with one attached hydrogen (secondary N) is 2. The highest BCUT2D eigenvalue weighted by atomic mass is 79.9. The maximum absolute atomic E-state index is 13.1. The van der Waals surface area contributed by atoms with Crippen molar-refractivity contribution in [2.75, 3.05) is 18.4 Å². The molecule has 0 saturated carbocycles. The molecule has 0 aliphatic carbocycles. The van der Waals surface area contributed by atoms with E-state index in [1.54, 1.807) is 0 Å². The summed E-state index contributed by atoms with van der Waals surface area (Å²) in [5.41, 5.74) is 0.175. The summed E-state index contributed by atoms with van der Waals surface area (Å²) in [6.45, 7) is -1.76. The molecule has 0 aliphatic rings. The number of carbonyl (C=O) groups excluding carboxylic acids is 1. The van der Waals surface area contributed by atoms with Crippen LogP contribution >= 0.6 is 15.9 Å². The molecule has 2 N–H and O–H groups in total. The zero-order valence-electron chi connectivity index (χ0n) is 8.94. The van der Waals surface area contributed by atoms with E-state index in [0.717, 1.165) is 6.07 Å². The second kappa shape index (κ2) is 6.14. The SMILES string of the molecule is O=C(CNCC(F)(F)F)Nc1ccc(Br)c(F)c1. The summed E-state index contributed by atoms with van der Waals surface area (Å²) in [5.74, 6) is -1.25. The summed E-state index contributed by atoms with van der Waals surface area (Å²) in [5, 5.41) is 4.20. The van der Waals surface area contributed by atoms with Gasteiger partial charge >= 0.3 is 6.18 Å². The number of amides is 1. The minimum atomic E-state index is -4.37. The normalized spacial score (nSPS) is 11.4. The molecule has 0 atom stereocenters. The number of anilines is 1. The summed E-state index contributed by atoms with van der Waals surface area (Å²) in [6, 6.07) is 3.87. The average Bonchev–Trinajstić information content (AvgIpc) is 2.21. The molecule has 0 radical (unpaired) electrons. The highest BCUT2D eigenvalue weighted by Gasteiger charge is 2.26. The van der Waals surface area contributed by atoms with Crippen LogP contribution in [0, 0.1) is 5.82 Å². The van der Waals surface area contributed by atoms with E-state index in [4.69, 9.17) is 0 Å². The average molecular weight is 329 g/mol. The Morgan fingerprint density at radius 3 is 2.56 bits per heavy atom. The maximum Gasteiger partial charge on any atom is 0.401 e. The predicted molar refractivity (Wildman–Crippen MR) is 61.7 cm³/mol. The van der Waals surface area contributed by atoms with Gasteiger partial charge in [-0.1, -0.05) is 0 Å². The fraction of sp³-hybridized carbons (Fsp3) is 0.300. The van der Waals surface area contributed by atoms with Gasteiger partial charge in [-0.25, -0.2) is 4.39 Å². The number of benzene rings is 1. The first-order chi connectivity index (χ1) is 8.28. The Labute approximate surface area is 109 Å². The van der Waals surface area contributed by atoms with E-state index in [-0.39, 0.29) is 10.2 Å². The van der Waals surface area contributed by atoms with Gasteiger partial charge in [0.1, 0.15) is 5.82 Å². The van der Waals surface area contributed by atoms with Crippen LogP contribution in [-0.2, 0) is 4.79 Å². The van der Waals surface area contributed by atoms with Crippen molar-refractivity contribution in [1.82, 2.24) is 5.32 Å². The molecule has 0 unspecified atom stereocenters. The lowest BCUT2D eigenvalue weighted by Crippen LogP contribution is -2.35. The van der Waals surface area contributed by atoms with E-state index in [9.17, 15) is 22.4 Å². The Kier molecular flexibility index (Phi) is 5.09. The highest BCUT2D eigenvalue weighted by molar-refractivity contribution is 9.10. The van der Waals surface area contributed by atoms with E-state index >= 15 is 0 Å². The summed E-state index contributed by atoms with van der Waals surface area (Å²) in [7, 11) is 0. The fourth-order valence-corrected chi connectivity index (χ4v) is 1.34. The Morgan fingerprint density at radius 1 is 1.33 bits per heavy atom. The van der Waals surface area contributed by atoms with Crippen LogP contribution in [0.5, 0.6) is 0 Å². The molecule has 0 aromatic heterocycles. The van der Waals surface area contributed by atoms with E-state index in [1.165, 1.54) is 12.1 Å². The van der Waals surface area contributed by atoms with Gasteiger partial charge in [0.2, 0.25) is 5.91 Å². The lowest BCUT2D eigenvalue weighted by atomic mass is 10.3. The van der Waals surface area contributed by atoms with Crippen LogP contribution in [0.4, 0.5) is 23.2 Å². The number of halogens is 5. The number of hydrogen-bond donors (Lipinski definition) is 2. The smallest absolute Gasteiger partial charge is 0.325 e. The van der Waals surface area contributed by atoms with Crippen LogP contribution in [-0.4, -0.2) is 25.2 Å². The number of carbonyl (C=O) groups is 1. The molecule has 0 aliphatic heterocycles. The number of alkyl halides is 3. The van der Waals surface area contributed by atoms with E-state index < -0.39 is 31.0 Å². The lowest BCUT2D eigenvalue weighted by molar-refractivity contribution is -0.126. The van der Waals surface area contributed by atoms with Gasteiger partial charge in [0.15, 0.2) is 0 Å². The molecule has 100 valence electrons. The summed E-state index contributed by atoms with van der Waals surface area (Å²) < 4.78 is 48.7. The Balaban J connectivity index is 2.42. The Bertz CT molecular complexity index is 436. The molecule has 1 rings (SSSR count). The van der Waals surface area contributed by atoms with Gasteiger partial charge in [-0.3, -0.25) is 4.79 Å². The summed E-state index contributed by atoms with van der Waals surface area (Å²) >= 11 is 2.93. The van der Waals surface area contributed by atoms with Crippen LogP contribution in [0.1, 0.15) is 0 Å². The second-order valence-electron chi connectivity index (χ2n) is 3.40. The molecule has 1 aromatic carbocycles. The Hall–Kier alpha value is -1.15. The van der Waals surface area contributed by atoms with Gasteiger partial charge in [-0.2, -0.15) is 13.2 Å². The zero-order chi connectivity index (χ0) is 13.8. The molecule has 1 amide bonds. The minimum absolute atomic E-state index is 0.175. The van der Waals surface area contributed by atoms with Crippen LogP contribution in [0.2, 0.25) is 0 Å². The van der Waals surface area contributed by atoms with E-state index in [1.807, 2.05) is 5.32 Å². The van der Waals surface area contributed by atoms with Crippen molar-refractivity contribution in [2.45, 2.75) is 6.18 Å². The molecule has 3 nitrogen and oxygen atoms in total. The van der Waals surface area contributed by atoms with Gasteiger partial charge in [0.05, 0.1) is 17.6 Å². The van der Waals surface area contributed by atoms with Gasteiger partial charge in [-0.05, 0) is 34.1 Å². The summed E-state index contributed by atoms with van der Waals surface area (Å²) in [6.07, 6.45) is -4.37. The molecule has 0 spiro atoms. The third-order valence-electron chi connectivity index (χ3n) is 1.81. The molecule has 0 fully saturated rings. The number of rotatable bonds is 4. The number of hydrogen-bond acceptors (Lipinski definition) is 2. The third-order valence-corrected chi connectivity index (χ3v) is 2.46. The van der Waals surface area contributed by atoms with E-state index in [2.05, 4.69) is 21.2 Å². The third kappa shape index (κ3) is 5.46. The van der Waals surface area contributed by atoms with Crippen molar-refractivity contribution in [3.63, 3.8) is 0 Å². The Morgan fingerprint density at radius 2 is 2.00 bits per heavy atom. The van der Waals surface area contributed by atoms with Crippen LogP contribution in [0.3, 0.4) is 0 Å². The summed E-state index contributed by atoms with van der Waals surface area (Å²) in [4.78, 5) is 11.2. The first-order valence-electron chi connectivity index (χ1n) is 4.80. The molecule has 1 aromatic rings. The molecular weight excluding hydrogens is 320 g/mol. The first-order valence-corrected chi connectivity index (χ1v) is 5.59. The topological polar surface area (TPSA) is 41.1 Å². The predicted octanol–water partition coefficient (Wildman–Crippen LogP) is 2.68. The molecule has 0 saturated heterocycles. The lowest BCUT2D eigenvalue weighted by Gasteiger charge is -2.09. The van der Waals surface area contributed by atoms with Crippen LogP contribution < -0.4 is 10.6 Å². The van der Waals surface area contributed by atoms with Crippen molar-refractivity contribution in [3.05, 3.63) is 28.5 Å². The van der Waals surface area contributed by atoms with Crippen molar-refractivity contribution in [1.29, 1.82) is 0 Å². The highest BCUT2D eigenvalue weighted by Crippen LogP contribution is 2.19. The van der Waals surface area contributed by atoms with Gasteiger partial charge < -0.3 is 10.6 Å². The van der Waals surface area contributed by atoms with Crippen molar-refractivity contribution in [2.24, 2.45) is 0 Å². The van der Waals surface area contributed by atoms with Crippen molar-refractivity contribution >= 4 is 27.5 Å². The maximum atomic E-state index is 13.1. The molecule has 18 heavy (non-hydrogen) atoms. The van der Waals surface area contributed by atoms with Crippen LogP contribution in [0.25, 0.3) is 0 Å². The van der Waals surface area contributed by atoms with Crippen molar-refractivity contribution < 1.29 is 22.4 Å².